The lowest BCUT2D eigenvalue weighted by Crippen LogP contribution is -2.33. The molecule has 1 aliphatic heterocycles. The summed E-state index contributed by atoms with van der Waals surface area (Å²) in [4.78, 5) is 10.3. The number of nitrogens with zero attached hydrogens (tertiary/aromatic N) is 3. The van der Waals surface area contributed by atoms with Crippen molar-refractivity contribution in [2.24, 2.45) is 10.7 Å². The Morgan fingerprint density at radius 2 is 2.40 bits per heavy atom. The van der Waals surface area contributed by atoms with E-state index in [4.69, 9.17) is 10.5 Å². The summed E-state index contributed by atoms with van der Waals surface area (Å²) in [5, 5.41) is 0. The normalized spacial score (nSPS) is 15.3. The van der Waals surface area contributed by atoms with E-state index in [0.717, 1.165) is 25.2 Å². The van der Waals surface area contributed by atoms with Crippen LogP contribution in [0.1, 0.15) is 5.56 Å². The number of rotatable bonds is 3. The molecule has 0 saturated carbocycles. The van der Waals surface area contributed by atoms with E-state index >= 15 is 0 Å². The molecule has 1 aromatic heterocycles. The first-order chi connectivity index (χ1) is 7.29. The Kier molecular flexibility index (Phi) is 2.71. The van der Waals surface area contributed by atoms with Gasteiger partial charge in [0.15, 0.2) is 5.96 Å². The second kappa shape index (κ2) is 4.16. The Labute approximate surface area is 88.6 Å². The van der Waals surface area contributed by atoms with Crippen molar-refractivity contribution in [3.8, 4) is 5.88 Å². The van der Waals surface area contributed by atoms with Gasteiger partial charge in [-0.05, 0) is 5.56 Å². The van der Waals surface area contributed by atoms with Crippen LogP contribution in [0.2, 0.25) is 0 Å². The van der Waals surface area contributed by atoms with Crippen LogP contribution in [-0.2, 0) is 6.54 Å². The van der Waals surface area contributed by atoms with Gasteiger partial charge in [0.2, 0.25) is 5.88 Å². The number of aromatic nitrogens is 1. The first kappa shape index (κ1) is 9.76. The van der Waals surface area contributed by atoms with Crippen LogP contribution < -0.4 is 10.5 Å². The number of ether oxygens (including phenoxy) is 1. The minimum Gasteiger partial charge on any atom is -0.481 e. The molecule has 0 unspecified atom stereocenters. The van der Waals surface area contributed by atoms with Crippen molar-refractivity contribution in [3.63, 3.8) is 0 Å². The number of hydrogen-bond donors (Lipinski definition) is 1. The summed E-state index contributed by atoms with van der Waals surface area (Å²) in [6.45, 7) is 2.43. The lowest BCUT2D eigenvalue weighted by atomic mass is 10.2. The molecule has 0 bridgehead atoms. The molecule has 15 heavy (non-hydrogen) atoms. The molecule has 0 atom stereocenters. The van der Waals surface area contributed by atoms with Crippen molar-refractivity contribution in [2.75, 3.05) is 20.2 Å². The van der Waals surface area contributed by atoms with Crippen molar-refractivity contribution in [1.29, 1.82) is 0 Å². The molecule has 2 N–H and O–H groups in total. The first-order valence-electron chi connectivity index (χ1n) is 4.83. The number of methoxy groups -OCH3 is 1. The van der Waals surface area contributed by atoms with Crippen molar-refractivity contribution >= 4 is 5.96 Å². The average Bonchev–Trinajstić information content (AvgIpc) is 2.66. The predicted molar refractivity (Wildman–Crippen MR) is 57.7 cm³/mol. The molecule has 2 heterocycles. The molecule has 80 valence electrons. The van der Waals surface area contributed by atoms with Gasteiger partial charge in [0, 0.05) is 25.4 Å². The highest BCUT2D eigenvalue weighted by Gasteiger charge is 2.13. The smallest absolute Gasteiger partial charge is 0.212 e. The molecular formula is C10H14N4O. The Bertz CT molecular complexity index is 360. The molecule has 0 spiro atoms. The maximum Gasteiger partial charge on any atom is 0.212 e. The third-order valence-electron chi connectivity index (χ3n) is 2.35. The zero-order chi connectivity index (χ0) is 10.7. The van der Waals surface area contributed by atoms with Crippen molar-refractivity contribution in [2.45, 2.75) is 6.54 Å². The van der Waals surface area contributed by atoms with Crippen molar-refractivity contribution in [1.82, 2.24) is 9.88 Å². The summed E-state index contributed by atoms with van der Waals surface area (Å²) in [6, 6.07) is 3.83. The Hall–Kier alpha value is -1.78. The van der Waals surface area contributed by atoms with E-state index in [9.17, 15) is 0 Å². The van der Waals surface area contributed by atoms with Crippen LogP contribution in [0.4, 0.5) is 0 Å². The maximum absolute atomic E-state index is 5.71. The molecule has 1 aliphatic rings. The third-order valence-corrected chi connectivity index (χ3v) is 2.35. The molecule has 5 heteroatoms. The molecular weight excluding hydrogens is 192 g/mol. The van der Waals surface area contributed by atoms with E-state index in [1.165, 1.54) is 0 Å². The van der Waals surface area contributed by atoms with Gasteiger partial charge >= 0.3 is 0 Å². The van der Waals surface area contributed by atoms with Gasteiger partial charge < -0.3 is 15.4 Å². The van der Waals surface area contributed by atoms with Gasteiger partial charge in [-0.25, -0.2) is 4.98 Å². The summed E-state index contributed by atoms with van der Waals surface area (Å²) in [5.74, 6) is 1.24. The third kappa shape index (κ3) is 2.18. The van der Waals surface area contributed by atoms with Gasteiger partial charge in [-0.1, -0.05) is 6.07 Å². The van der Waals surface area contributed by atoms with Crippen LogP contribution in [0.5, 0.6) is 5.88 Å². The fraction of sp³-hybridized carbons (Fsp3) is 0.400. The Balaban J connectivity index is 2.01. The monoisotopic (exact) mass is 206 g/mol. The molecule has 1 aromatic rings. The lowest BCUT2D eigenvalue weighted by Gasteiger charge is -2.16. The van der Waals surface area contributed by atoms with E-state index in [2.05, 4.69) is 9.98 Å². The van der Waals surface area contributed by atoms with Crippen LogP contribution in [0.25, 0.3) is 0 Å². The Morgan fingerprint density at radius 3 is 2.93 bits per heavy atom. The van der Waals surface area contributed by atoms with Gasteiger partial charge in [0.1, 0.15) is 0 Å². The topological polar surface area (TPSA) is 63.7 Å². The van der Waals surface area contributed by atoms with Crippen LogP contribution in [0.15, 0.2) is 23.3 Å². The van der Waals surface area contributed by atoms with Crippen LogP contribution in [0.3, 0.4) is 0 Å². The number of aliphatic imine (C=N–C) groups is 1. The van der Waals surface area contributed by atoms with Gasteiger partial charge in [-0.3, -0.25) is 4.99 Å². The standard InChI is InChI=1S/C10H14N4O/c1-15-9-3-2-8(6-13-9)7-14-5-4-12-10(14)11/h2-3,6H,4-5,7H2,1H3,(H2,11,12). The summed E-state index contributed by atoms with van der Waals surface area (Å²) in [6.07, 6.45) is 1.80. The van der Waals surface area contributed by atoms with E-state index in [1.807, 2.05) is 17.0 Å². The van der Waals surface area contributed by atoms with Gasteiger partial charge in [0.05, 0.1) is 13.7 Å². The van der Waals surface area contributed by atoms with Gasteiger partial charge in [-0.2, -0.15) is 0 Å². The average molecular weight is 206 g/mol. The minimum absolute atomic E-state index is 0.616. The maximum atomic E-state index is 5.71. The second-order valence-electron chi connectivity index (χ2n) is 3.37. The van der Waals surface area contributed by atoms with E-state index in [-0.39, 0.29) is 0 Å². The molecule has 0 amide bonds. The molecule has 0 aliphatic carbocycles. The number of hydrogen-bond acceptors (Lipinski definition) is 5. The zero-order valence-electron chi connectivity index (χ0n) is 8.68. The fourth-order valence-corrected chi connectivity index (χ4v) is 1.51. The molecule has 0 saturated heterocycles. The quantitative estimate of drug-likeness (QED) is 0.768. The highest BCUT2D eigenvalue weighted by molar-refractivity contribution is 5.79. The summed E-state index contributed by atoms with van der Waals surface area (Å²) < 4.78 is 4.99. The molecule has 0 fully saturated rings. The van der Waals surface area contributed by atoms with E-state index < -0.39 is 0 Å². The molecule has 5 nitrogen and oxygen atoms in total. The summed E-state index contributed by atoms with van der Waals surface area (Å²) >= 11 is 0. The largest absolute Gasteiger partial charge is 0.481 e. The van der Waals surface area contributed by atoms with Crippen molar-refractivity contribution in [3.05, 3.63) is 23.9 Å². The predicted octanol–water partition coefficient (Wildman–Crippen LogP) is 0.220. The number of pyridine rings is 1. The summed E-state index contributed by atoms with van der Waals surface area (Å²) in [7, 11) is 1.60. The Morgan fingerprint density at radius 1 is 1.53 bits per heavy atom. The highest BCUT2D eigenvalue weighted by atomic mass is 16.5. The molecule has 2 rings (SSSR count). The first-order valence-corrected chi connectivity index (χ1v) is 4.83. The van der Waals surface area contributed by atoms with E-state index in [1.54, 1.807) is 13.3 Å². The van der Waals surface area contributed by atoms with Crippen LogP contribution in [0, 0.1) is 0 Å². The van der Waals surface area contributed by atoms with Gasteiger partial charge in [-0.15, -0.1) is 0 Å². The SMILES string of the molecule is COc1ccc(CN2CCN=C2N)cn1. The molecule has 0 radical (unpaired) electrons. The zero-order valence-corrected chi connectivity index (χ0v) is 8.68. The van der Waals surface area contributed by atoms with Crippen LogP contribution >= 0.6 is 0 Å². The highest BCUT2D eigenvalue weighted by Crippen LogP contribution is 2.10. The fourth-order valence-electron chi connectivity index (χ4n) is 1.51. The van der Waals surface area contributed by atoms with Crippen molar-refractivity contribution < 1.29 is 4.74 Å². The lowest BCUT2D eigenvalue weighted by molar-refractivity contribution is 0.396. The van der Waals surface area contributed by atoms with E-state index in [0.29, 0.717) is 11.8 Å². The summed E-state index contributed by atoms with van der Waals surface area (Å²) in [5.41, 5.74) is 6.82. The number of nitrogens with two attached hydrogens (primary N) is 1. The molecule has 0 aromatic carbocycles. The minimum atomic E-state index is 0.616. The second-order valence-corrected chi connectivity index (χ2v) is 3.37. The van der Waals surface area contributed by atoms with Gasteiger partial charge in [0.25, 0.3) is 0 Å². The van der Waals surface area contributed by atoms with Crippen LogP contribution in [-0.4, -0.2) is 36.0 Å². The number of guanidine groups is 1.